The van der Waals surface area contributed by atoms with E-state index < -0.39 is 22.0 Å². The van der Waals surface area contributed by atoms with Crippen LogP contribution < -0.4 is 4.74 Å². The summed E-state index contributed by atoms with van der Waals surface area (Å²) < 4.78 is 32.0. The van der Waals surface area contributed by atoms with Gasteiger partial charge in [-0.2, -0.15) is 4.31 Å². The van der Waals surface area contributed by atoms with E-state index in [1.807, 2.05) is 0 Å². The van der Waals surface area contributed by atoms with E-state index in [1.165, 1.54) is 19.2 Å². The number of aliphatic carboxylic acids is 1. The van der Waals surface area contributed by atoms with Crippen molar-refractivity contribution in [1.29, 1.82) is 0 Å². The molecule has 1 aliphatic heterocycles. The molecule has 1 atom stereocenters. The molecular formula is C12H14BrNO5S. The molecule has 110 valence electrons. The molecule has 0 saturated carbocycles. The van der Waals surface area contributed by atoms with Crippen molar-refractivity contribution < 1.29 is 23.1 Å². The normalized spacial score (nSPS) is 20.0. The van der Waals surface area contributed by atoms with E-state index in [-0.39, 0.29) is 17.2 Å². The summed E-state index contributed by atoms with van der Waals surface area (Å²) in [6.07, 6.45) is 0.859. The van der Waals surface area contributed by atoms with Crippen molar-refractivity contribution in [2.24, 2.45) is 0 Å². The Balaban J connectivity index is 2.50. The average molecular weight is 364 g/mol. The zero-order valence-electron chi connectivity index (χ0n) is 10.7. The highest BCUT2D eigenvalue weighted by Gasteiger charge is 2.40. The Morgan fingerprint density at radius 2 is 2.20 bits per heavy atom. The van der Waals surface area contributed by atoms with E-state index in [4.69, 9.17) is 9.84 Å². The largest absolute Gasteiger partial charge is 0.495 e. The molecule has 1 aliphatic rings. The maximum absolute atomic E-state index is 12.6. The van der Waals surface area contributed by atoms with Crippen LogP contribution in [-0.2, 0) is 14.8 Å². The van der Waals surface area contributed by atoms with Gasteiger partial charge in [-0.25, -0.2) is 8.42 Å². The van der Waals surface area contributed by atoms with Gasteiger partial charge in [-0.05, 0) is 31.0 Å². The van der Waals surface area contributed by atoms with Crippen LogP contribution in [0.2, 0.25) is 0 Å². The molecule has 6 nitrogen and oxygen atoms in total. The summed E-state index contributed by atoms with van der Waals surface area (Å²) in [6.45, 7) is 0.203. The smallest absolute Gasteiger partial charge is 0.322 e. The lowest BCUT2D eigenvalue weighted by atomic mass is 10.2. The second kappa shape index (κ2) is 5.71. The summed E-state index contributed by atoms with van der Waals surface area (Å²) in [6, 6.07) is 3.61. The zero-order chi connectivity index (χ0) is 14.9. The number of carbonyl (C=O) groups is 1. The van der Waals surface area contributed by atoms with Crippen molar-refractivity contribution in [3.63, 3.8) is 0 Å². The van der Waals surface area contributed by atoms with Gasteiger partial charge in [0, 0.05) is 11.0 Å². The first-order valence-corrected chi connectivity index (χ1v) is 8.19. The van der Waals surface area contributed by atoms with Gasteiger partial charge >= 0.3 is 5.97 Å². The van der Waals surface area contributed by atoms with Crippen LogP contribution in [0.25, 0.3) is 0 Å². The fourth-order valence-electron chi connectivity index (χ4n) is 2.25. The molecule has 0 bridgehead atoms. The molecule has 8 heteroatoms. The number of sulfonamides is 1. The third-order valence-corrected chi connectivity index (χ3v) is 5.62. The monoisotopic (exact) mass is 363 g/mol. The number of benzene rings is 1. The second-order valence-electron chi connectivity index (χ2n) is 4.41. The van der Waals surface area contributed by atoms with Gasteiger partial charge in [0.25, 0.3) is 0 Å². The lowest BCUT2D eigenvalue weighted by molar-refractivity contribution is -0.140. The minimum atomic E-state index is -3.90. The van der Waals surface area contributed by atoms with E-state index in [0.717, 1.165) is 4.31 Å². The summed E-state index contributed by atoms with van der Waals surface area (Å²) in [4.78, 5) is 11.1. The quantitative estimate of drug-likeness (QED) is 0.879. The van der Waals surface area contributed by atoms with Crippen LogP contribution >= 0.6 is 15.9 Å². The average Bonchev–Trinajstić information content (AvgIpc) is 2.88. The second-order valence-corrected chi connectivity index (χ2v) is 7.18. The lowest BCUT2D eigenvalue weighted by Crippen LogP contribution is -2.40. The molecule has 0 aliphatic carbocycles. The first-order valence-electron chi connectivity index (χ1n) is 5.96. The number of rotatable bonds is 4. The number of halogens is 1. The summed E-state index contributed by atoms with van der Waals surface area (Å²) in [5, 5.41) is 9.13. The van der Waals surface area contributed by atoms with E-state index >= 15 is 0 Å². The van der Waals surface area contributed by atoms with Crippen molar-refractivity contribution in [3.05, 3.63) is 22.7 Å². The third kappa shape index (κ3) is 2.68. The summed E-state index contributed by atoms with van der Waals surface area (Å²) in [7, 11) is -2.52. The molecule has 0 unspecified atom stereocenters. The molecule has 0 spiro atoms. The lowest BCUT2D eigenvalue weighted by Gasteiger charge is -2.22. The maximum Gasteiger partial charge on any atom is 0.322 e. The van der Waals surface area contributed by atoms with E-state index in [2.05, 4.69) is 15.9 Å². The fraction of sp³-hybridized carbons (Fsp3) is 0.417. The van der Waals surface area contributed by atoms with Crippen LogP contribution in [0.4, 0.5) is 0 Å². The Bertz CT molecular complexity index is 631. The molecule has 1 heterocycles. The molecule has 1 aromatic carbocycles. The molecule has 1 fully saturated rings. The van der Waals surface area contributed by atoms with Gasteiger partial charge in [0.15, 0.2) is 0 Å². The van der Waals surface area contributed by atoms with E-state index in [0.29, 0.717) is 17.3 Å². The zero-order valence-corrected chi connectivity index (χ0v) is 13.1. The van der Waals surface area contributed by atoms with Crippen LogP contribution in [-0.4, -0.2) is 43.5 Å². The minimum absolute atomic E-state index is 0.0254. The standard InChI is InChI=1S/C12H14BrNO5S/c1-19-10-5-4-8(13)7-11(10)20(17,18)14-6-2-3-9(14)12(15)16/h4-5,7,9H,2-3,6H2,1H3,(H,15,16)/t9-/m1/s1. The van der Waals surface area contributed by atoms with Gasteiger partial charge in [0.2, 0.25) is 10.0 Å². The van der Waals surface area contributed by atoms with Crippen molar-refractivity contribution >= 4 is 31.9 Å². The van der Waals surface area contributed by atoms with Crippen molar-refractivity contribution in [3.8, 4) is 5.75 Å². The number of ether oxygens (including phenoxy) is 1. The van der Waals surface area contributed by atoms with Crippen LogP contribution in [0.1, 0.15) is 12.8 Å². The highest BCUT2D eigenvalue weighted by atomic mass is 79.9. The van der Waals surface area contributed by atoms with Gasteiger partial charge in [-0.15, -0.1) is 0 Å². The van der Waals surface area contributed by atoms with Crippen LogP contribution in [0, 0.1) is 0 Å². The molecular weight excluding hydrogens is 350 g/mol. The third-order valence-electron chi connectivity index (χ3n) is 3.20. The van der Waals surface area contributed by atoms with Gasteiger partial charge < -0.3 is 9.84 Å². The van der Waals surface area contributed by atoms with Gasteiger partial charge in [0.1, 0.15) is 16.7 Å². The highest BCUT2D eigenvalue weighted by Crippen LogP contribution is 2.33. The topological polar surface area (TPSA) is 83.9 Å². The molecule has 0 radical (unpaired) electrons. The molecule has 1 aromatic rings. The first-order chi connectivity index (χ1) is 9.37. The summed E-state index contributed by atoms with van der Waals surface area (Å²) in [5.41, 5.74) is 0. The predicted octanol–water partition coefficient (Wildman–Crippen LogP) is 1.70. The van der Waals surface area contributed by atoms with Crippen molar-refractivity contribution in [1.82, 2.24) is 4.31 Å². The minimum Gasteiger partial charge on any atom is -0.495 e. The Morgan fingerprint density at radius 1 is 1.50 bits per heavy atom. The number of hydrogen-bond donors (Lipinski definition) is 1. The van der Waals surface area contributed by atoms with Crippen LogP contribution in [0.3, 0.4) is 0 Å². The predicted molar refractivity (Wildman–Crippen MR) is 75.2 cm³/mol. The molecule has 1 saturated heterocycles. The number of hydrogen-bond acceptors (Lipinski definition) is 4. The molecule has 0 amide bonds. The molecule has 2 rings (SSSR count). The Morgan fingerprint density at radius 3 is 2.80 bits per heavy atom. The summed E-state index contributed by atoms with van der Waals surface area (Å²) >= 11 is 3.22. The number of carboxylic acids is 1. The maximum atomic E-state index is 12.6. The van der Waals surface area contributed by atoms with Crippen molar-refractivity contribution in [2.45, 2.75) is 23.8 Å². The molecule has 1 N–H and O–H groups in total. The molecule has 20 heavy (non-hydrogen) atoms. The number of nitrogens with zero attached hydrogens (tertiary/aromatic N) is 1. The van der Waals surface area contributed by atoms with E-state index in [9.17, 15) is 13.2 Å². The highest BCUT2D eigenvalue weighted by molar-refractivity contribution is 9.10. The van der Waals surface area contributed by atoms with E-state index in [1.54, 1.807) is 6.07 Å². The fourth-order valence-corrected chi connectivity index (χ4v) is 4.60. The first kappa shape index (κ1) is 15.3. The Labute approximate surface area is 125 Å². The van der Waals surface area contributed by atoms with Crippen LogP contribution in [0.15, 0.2) is 27.6 Å². The van der Waals surface area contributed by atoms with Crippen molar-refractivity contribution in [2.75, 3.05) is 13.7 Å². The van der Waals surface area contributed by atoms with Gasteiger partial charge in [-0.1, -0.05) is 15.9 Å². The Hall–Kier alpha value is -1.12. The molecule has 0 aromatic heterocycles. The number of carboxylic acid groups (broad SMARTS) is 1. The van der Waals surface area contributed by atoms with Gasteiger partial charge in [0.05, 0.1) is 7.11 Å². The SMILES string of the molecule is COc1ccc(Br)cc1S(=O)(=O)N1CCC[C@@H]1C(=O)O. The summed E-state index contributed by atoms with van der Waals surface area (Å²) in [5.74, 6) is -0.927. The van der Waals surface area contributed by atoms with Crippen LogP contribution in [0.5, 0.6) is 5.75 Å². The number of methoxy groups -OCH3 is 1. The van der Waals surface area contributed by atoms with Gasteiger partial charge in [-0.3, -0.25) is 4.79 Å². The Kier molecular flexibility index (Phi) is 4.36.